The Balaban J connectivity index is 1.67. The van der Waals surface area contributed by atoms with Crippen molar-refractivity contribution in [1.29, 1.82) is 0 Å². The van der Waals surface area contributed by atoms with Gasteiger partial charge in [-0.2, -0.15) is 0 Å². The lowest BCUT2D eigenvalue weighted by Crippen LogP contribution is -1.98. The molecule has 2 aromatic carbocycles. The Morgan fingerprint density at radius 3 is 2.59 bits per heavy atom. The minimum atomic E-state index is 0.822. The van der Waals surface area contributed by atoms with E-state index >= 15 is 0 Å². The van der Waals surface area contributed by atoms with Crippen LogP contribution in [0.1, 0.15) is 17.0 Å². The number of nitrogens with one attached hydrogen (secondary N) is 1. The smallest absolute Gasteiger partial charge is 0.141 e. The molecule has 0 radical (unpaired) electrons. The van der Waals surface area contributed by atoms with E-state index in [4.69, 9.17) is 4.52 Å². The van der Waals surface area contributed by atoms with Gasteiger partial charge < -0.3 is 9.84 Å². The van der Waals surface area contributed by atoms with Gasteiger partial charge in [-0.25, -0.2) is 4.68 Å². The van der Waals surface area contributed by atoms with Crippen LogP contribution >= 0.6 is 15.9 Å². The van der Waals surface area contributed by atoms with Crippen molar-refractivity contribution in [3.8, 4) is 16.8 Å². The van der Waals surface area contributed by atoms with Gasteiger partial charge in [-0.1, -0.05) is 22.5 Å². The zero-order valence-corrected chi connectivity index (χ0v) is 16.8. The molecule has 0 bridgehead atoms. The molecular formula is C20H18BrN5O. The number of rotatable bonds is 4. The molecule has 0 fully saturated rings. The van der Waals surface area contributed by atoms with Gasteiger partial charge in [-0.3, -0.25) is 0 Å². The largest absolute Gasteiger partial charge is 0.361 e. The second-order valence-electron chi connectivity index (χ2n) is 6.37. The van der Waals surface area contributed by atoms with Crippen LogP contribution in [0.25, 0.3) is 16.8 Å². The molecule has 0 aliphatic heterocycles. The van der Waals surface area contributed by atoms with Crippen molar-refractivity contribution in [3.05, 3.63) is 70.3 Å². The summed E-state index contributed by atoms with van der Waals surface area (Å²) in [6.45, 7) is 5.97. The highest BCUT2D eigenvalue weighted by molar-refractivity contribution is 9.10. The lowest BCUT2D eigenvalue weighted by atomic mass is 10.0. The summed E-state index contributed by atoms with van der Waals surface area (Å²) in [5, 5.41) is 15.4. The average Bonchev–Trinajstić information content (AvgIpc) is 3.28. The third-order valence-electron chi connectivity index (χ3n) is 4.46. The molecule has 136 valence electrons. The number of hydrogen-bond donors (Lipinski definition) is 1. The fourth-order valence-corrected chi connectivity index (χ4v) is 3.63. The Kier molecular flexibility index (Phi) is 4.53. The zero-order valence-electron chi connectivity index (χ0n) is 15.2. The molecule has 6 nitrogen and oxygen atoms in total. The number of hydrogen-bond acceptors (Lipinski definition) is 5. The number of anilines is 2. The molecule has 0 aliphatic carbocycles. The number of aryl methyl sites for hydroxylation is 3. The van der Waals surface area contributed by atoms with Crippen LogP contribution in [0.3, 0.4) is 0 Å². The lowest BCUT2D eigenvalue weighted by molar-refractivity contribution is 0.393. The highest BCUT2D eigenvalue weighted by Gasteiger charge is 2.13. The molecule has 0 spiro atoms. The fourth-order valence-electron chi connectivity index (χ4n) is 3.07. The monoisotopic (exact) mass is 423 g/mol. The summed E-state index contributed by atoms with van der Waals surface area (Å²) in [5.41, 5.74) is 7.11. The third kappa shape index (κ3) is 3.38. The van der Waals surface area contributed by atoms with Crippen molar-refractivity contribution in [2.45, 2.75) is 20.8 Å². The molecule has 0 atom stereocenters. The predicted molar refractivity (Wildman–Crippen MR) is 108 cm³/mol. The summed E-state index contributed by atoms with van der Waals surface area (Å²) >= 11 is 3.62. The van der Waals surface area contributed by atoms with Crippen molar-refractivity contribution >= 4 is 27.3 Å². The first-order valence-electron chi connectivity index (χ1n) is 8.50. The molecule has 4 rings (SSSR count). The van der Waals surface area contributed by atoms with E-state index in [2.05, 4.69) is 61.8 Å². The second kappa shape index (κ2) is 7.00. The van der Waals surface area contributed by atoms with E-state index in [0.717, 1.165) is 49.7 Å². The standard InChI is InChI=1S/C20H18BrN5O/c1-12-4-5-15(20-13(2)24-27-14(20)3)10-18(12)23-16-6-7-19(17(21)11-16)26-9-8-22-25-26/h4-11,23H,1-3H3. The molecular weight excluding hydrogens is 406 g/mol. The van der Waals surface area contributed by atoms with E-state index < -0.39 is 0 Å². The highest BCUT2D eigenvalue weighted by Crippen LogP contribution is 2.32. The topological polar surface area (TPSA) is 68.8 Å². The summed E-state index contributed by atoms with van der Waals surface area (Å²) in [7, 11) is 0. The maximum Gasteiger partial charge on any atom is 0.141 e. The first kappa shape index (κ1) is 17.5. The molecule has 27 heavy (non-hydrogen) atoms. The van der Waals surface area contributed by atoms with Crippen molar-refractivity contribution in [2.75, 3.05) is 5.32 Å². The van der Waals surface area contributed by atoms with Gasteiger partial charge >= 0.3 is 0 Å². The van der Waals surface area contributed by atoms with Crippen molar-refractivity contribution in [1.82, 2.24) is 20.2 Å². The van der Waals surface area contributed by atoms with Gasteiger partial charge in [0.15, 0.2) is 0 Å². The number of nitrogens with zero attached hydrogens (tertiary/aromatic N) is 4. The fraction of sp³-hybridized carbons (Fsp3) is 0.150. The number of halogens is 1. The molecule has 2 heterocycles. The number of benzene rings is 2. The van der Waals surface area contributed by atoms with Crippen molar-refractivity contribution in [2.24, 2.45) is 0 Å². The van der Waals surface area contributed by atoms with Crippen molar-refractivity contribution in [3.63, 3.8) is 0 Å². The Bertz CT molecular complexity index is 1080. The van der Waals surface area contributed by atoms with E-state index in [0.29, 0.717) is 0 Å². The Hall–Kier alpha value is -2.93. The molecule has 4 aromatic rings. The Labute approximate surface area is 165 Å². The van der Waals surface area contributed by atoms with E-state index in [1.807, 2.05) is 38.2 Å². The molecule has 2 aromatic heterocycles. The average molecular weight is 424 g/mol. The minimum Gasteiger partial charge on any atom is -0.361 e. The predicted octanol–water partition coefficient (Wildman–Crippen LogP) is 5.35. The van der Waals surface area contributed by atoms with Crippen LogP contribution in [0.2, 0.25) is 0 Å². The summed E-state index contributed by atoms with van der Waals surface area (Å²) < 4.78 is 7.96. The van der Waals surface area contributed by atoms with E-state index in [-0.39, 0.29) is 0 Å². The van der Waals surface area contributed by atoms with Crippen LogP contribution in [-0.4, -0.2) is 20.2 Å². The third-order valence-corrected chi connectivity index (χ3v) is 5.09. The van der Waals surface area contributed by atoms with Gasteiger partial charge in [0.05, 0.1) is 23.8 Å². The SMILES string of the molecule is Cc1ccc(-c2c(C)noc2C)cc1Nc1ccc(-n2ccnn2)c(Br)c1. The summed E-state index contributed by atoms with van der Waals surface area (Å²) in [4.78, 5) is 0. The van der Waals surface area contributed by atoms with E-state index in [1.54, 1.807) is 10.9 Å². The maximum atomic E-state index is 5.31. The molecule has 0 saturated heterocycles. The van der Waals surface area contributed by atoms with Crippen LogP contribution in [0.4, 0.5) is 11.4 Å². The molecule has 1 N–H and O–H groups in total. The molecule has 0 unspecified atom stereocenters. The van der Waals surface area contributed by atoms with Gasteiger partial charge in [0.1, 0.15) is 5.76 Å². The van der Waals surface area contributed by atoms with Crippen LogP contribution in [0.5, 0.6) is 0 Å². The van der Waals surface area contributed by atoms with Crippen LogP contribution in [0.15, 0.2) is 57.8 Å². The zero-order chi connectivity index (χ0) is 19.0. The molecule has 0 saturated carbocycles. The second-order valence-corrected chi connectivity index (χ2v) is 7.22. The molecule has 7 heteroatoms. The Morgan fingerprint density at radius 1 is 1.07 bits per heavy atom. The molecule has 0 amide bonds. The molecule has 0 aliphatic rings. The van der Waals surface area contributed by atoms with E-state index in [1.165, 1.54) is 0 Å². The number of aromatic nitrogens is 4. The first-order chi connectivity index (χ1) is 13.0. The summed E-state index contributed by atoms with van der Waals surface area (Å²) in [5.74, 6) is 0.822. The van der Waals surface area contributed by atoms with Crippen LogP contribution in [-0.2, 0) is 0 Å². The Morgan fingerprint density at radius 2 is 1.93 bits per heavy atom. The van der Waals surface area contributed by atoms with Crippen molar-refractivity contribution < 1.29 is 4.52 Å². The maximum absolute atomic E-state index is 5.31. The van der Waals surface area contributed by atoms with Gasteiger partial charge in [0.2, 0.25) is 0 Å². The lowest BCUT2D eigenvalue weighted by Gasteiger charge is -2.13. The van der Waals surface area contributed by atoms with Crippen LogP contribution in [0, 0.1) is 20.8 Å². The minimum absolute atomic E-state index is 0.822. The normalized spacial score (nSPS) is 11.0. The van der Waals surface area contributed by atoms with Gasteiger partial charge in [-0.05, 0) is 72.1 Å². The van der Waals surface area contributed by atoms with E-state index in [9.17, 15) is 0 Å². The summed E-state index contributed by atoms with van der Waals surface area (Å²) in [6, 6.07) is 12.4. The summed E-state index contributed by atoms with van der Waals surface area (Å²) in [6.07, 6.45) is 3.46. The van der Waals surface area contributed by atoms with Gasteiger partial charge in [0, 0.05) is 21.4 Å². The van der Waals surface area contributed by atoms with Gasteiger partial charge in [-0.15, -0.1) is 5.10 Å². The quantitative estimate of drug-likeness (QED) is 0.478. The highest BCUT2D eigenvalue weighted by atomic mass is 79.9. The first-order valence-corrected chi connectivity index (χ1v) is 9.29. The van der Waals surface area contributed by atoms with Gasteiger partial charge in [0.25, 0.3) is 0 Å². The van der Waals surface area contributed by atoms with Crippen LogP contribution < -0.4 is 5.32 Å².